The minimum Gasteiger partial charge on any atom is -0.316 e. The van der Waals surface area contributed by atoms with Crippen LogP contribution in [-0.2, 0) is 6.42 Å². The second-order valence-corrected chi connectivity index (χ2v) is 5.67. The lowest BCUT2D eigenvalue weighted by molar-refractivity contribution is 0.535. The van der Waals surface area contributed by atoms with Crippen molar-refractivity contribution in [3.05, 3.63) is 30.4 Å². The molecule has 0 bridgehead atoms. The van der Waals surface area contributed by atoms with Gasteiger partial charge in [0.1, 0.15) is 5.69 Å². The average Bonchev–Trinajstić information content (AvgIpc) is 3.09. The van der Waals surface area contributed by atoms with Crippen molar-refractivity contribution in [3.63, 3.8) is 0 Å². The predicted molar refractivity (Wildman–Crippen MR) is 78.3 cm³/mol. The van der Waals surface area contributed by atoms with E-state index in [1.54, 1.807) is 12.4 Å². The Kier molecular flexibility index (Phi) is 3.78. The normalized spacial score (nSPS) is 18.9. The summed E-state index contributed by atoms with van der Waals surface area (Å²) in [6.45, 7) is 6.46. The highest BCUT2D eigenvalue weighted by Crippen LogP contribution is 2.25. The van der Waals surface area contributed by atoms with Crippen LogP contribution in [-0.4, -0.2) is 32.8 Å². The van der Waals surface area contributed by atoms with Crippen LogP contribution in [0, 0.1) is 5.92 Å². The summed E-state index contributed by atoms with van der Waals surface area (Å²) in [7, 11) is 0. The Morgan fingerprint density at radius 1 is 1.30 bits per heavy atom. The minimum atomic E-state index is 0.322. The van der Waals surface area contributed by atoms with Crippen LogP contribution >= 0.6 is 0 Å². The van der Waals surface area contributed by atoms with Crippen LogP contribution in [0.5, 0.6) is 0 Å². The molecule has 5 heteroatoms. The molecule has 2 aromatic rings. The van der Waals surface area contributed by atoms with Gasteiger partial charge in [-0.25, -0.2) is 0 Å². The van der Waals surface area contributed by atoms with Gasteiger partial charge in [0.25, 0.3) is 0 Å². The molecule has 20 heavy (non-hydrogen) atoms. The summed E-state index contributed by atoms with van der Waals surface area (Å²) in [5, 5.41) is 7.81. The van der Waals surface area contributed by atoms with E-state index in [1.165, 1.54) is 6.42 Å². The Balaban J connectivity index is 1.94. The fraction of sp³-hybridized carbons (Fsp3) is 0.533. The molecule has 0 saturated carbocycles. The first-order chi connectivity index (χ1) is 9.75. The monoisotopic (exact) mass is 271 g/mol. The number of aromatic nitrogens is 4. The molecule has 0 unspecified atom stereocenters. The van der Waals surface area contributed by atoms with E-state index in [1.807, 2.05) is 16.9 Å². The van der Waals surface area contributed by atoms with Gasteiger partial charge in [-0.05, 0) is 51.8 Å². The van der Waals surface area contributed by atoms with Crippen LogP contribution in [0.4, 0.5) is 0 Å². The van der Waals surface area contributed by atoms with E-state index in [9.17, 15) is 0 Å². The molecule has 5 nitrogen and oxygen atoms in total. The largest absolute Gasteiger partial charge is 0.316 e. The van der Waals surface area contributed by atoms with Gasteiger partial charge in [0.05, 0.1) is 11.4 Å². The van der Waals surface area contributed by atoms with Crippen molar-refractivity contribution in [1.29, 1.82) is 0 Å². The maximum atomic E-state index is 4.57. The SMILES string of the molecule is CC(C)n1nccc1-c1nccnc1C[C@H]1CCNC1. The highest BCUT2D eigenvalue weighted by atomic mass is 15.3. The van der Waals surface area contributed by atoms with Crippen LogP contribution in [0.25, 0.3) is 11.4 Å². The number of rotatable bonds is 4. The lowest BCUT2D eigenvalue weighted by atomic mass is 10.0. The standard InChI is InChI=1S/C15H21N5/c1-11(2)20-14(4-6-19-20)15-13(17-7-8-18-15)9-12-3-5-16-10-12/h4,6-8,11-12,16H,3,5,9-10H2,1-2H3/t12-/m1/s1. The van der Waals surface area contributed by atoms with E-state index in [0.29, 0.717) is 12.0 Å². The Labute approximate surface area is 119 Å². The maximum absolute atomic E-state index is 4.57. The molecular weight excluding hydrogens is 250 g/mol. The third-order valence-corrected chi connectivity index (χ3v) is 3.82. The summed E-state index contributed by atoms with van der Waals surface area (Å²) >= 11 is 0. The van der Waals surface area contributed by atoms with Gasteiger partial charge in [-0.1, -0.05) is 0 Å². The molecule has 0 aliphatic carbocycles. The van der Waals surface area contributed by atoms with Crippen LogP contribution in [0.15, 0.2) is 24.7 Å². The van der Waals surface area contributed by atoms with Gasteiger partial charge >= 0.3 is 0 Å². The quantitative estimate of drug-likeness (QED) is 0.925. The zero-order valence-corrected chi connectivity index (χ0v) is 12.1. The van der Waals surface area contributed by atoms with Gasteiger partial charge in [0, 0.05) is 24.6 Å². The Bertz CT molecular complexity index is 569. The summed E-state index contributed by atoms with van der Waals surface area (Å²) in [6, 6.07) is 2.35. The number of hydrogen-bond donors (Lipinski definition) is 1. The highest BCUT2D eigenvalue weighted by Gasteiger charge is 2.20. The van der Waals surface area contributed by atoms with Gasteiger partial charge in [-0.2, -0.15) is 5.10 Å². The van der Waals surface area contributed by atoms with Crippen molar-refractivity contribution in [3.8, 4) is 11.4 Å². The molecule has 1 aliphatic heterocycles. The Morgan fingerprint density at radius 3 is 2.90 bits per heavy atom. The topological polar surface area (TPSA) is 55.6 Å². The van der Waals surface area contributed by atoms with E-state index in [0.717, 1.165) is 36.6 Å². The van der Waals surface area contributed by atoms with Gasteiger partial charge < -0.3 is 5.32 Å². The van der Waals surface area contributed by atoms with Crippen LogP contribution in [0.2, 0.25) is 0 Å². The molecule has 1 aliphatic rings. The molecule has 0 radical (unpaired) electrons. The second-order valence-electron chi connectivity index (χ2n) is 5.67. The zero-order valence-electron chi connectivity index (χ0n) is 12.1. The smallest absolute Gasteiger partial charge is 0.110 e. The van der Waals surface area contributed by atoms with E-state index < -0.39 is 0 Å². The molecule has 0 amide bonds. The first kappa shape index (κ1) is 13.2. The fourth-order valence-electron chi connectivity index (χ4n) is 2.81. The first-order valence-corrected chi connectivity index (χ1v) is 7.30. The highest BCUT2D eigenvalue weighted by molar-refractivity contribution is 5.57. The first-order valence-electron chi connectivity index (χ1n) is 7.30. The fourth-order valence-corrected chi connectivity index (χ4v) is 2.81. The molecule has 1 fully saturated rings. The third-order valence-electron chi connectivity index (χ3n) is 3.82. The molecule has 0 aromatic carbocycles. The number of nitrogens with one attached hydrogen (secondary N) is 1. The van der Waals surface area contributed by atoms with Gasteiger partial charge in [-0.15, -0.1) is 0 Å². The molecule has 3 rings (SSSR count). The molecule has 3 heterocycles. The minimum absolute atomic E-state index is 0.322. The van der Waals surface area contributed by atoms with E-state index in [4.69, 9.17) is 0 Å². The summed E-state index contributed by atoms with van der Waals surface area (Å²) in [5.41, 5.74) is 3.13. The molecule has 1 N–H and O–H groups in total. The zero-order chi connectivity index (χ0) is 13.9. The van der Waals surface area contributed by atoms with Gasteiger partial charge in [0.2, 0.25) is 0 Å². The molecule has 0 spiro atoms. The van der Waals surface area contributed by atoms with Crippen molar-refractivity contribution >= 4 is 0 Å². The molecular formula is C15H21N5. The van der Waals surface area contributed by atoms with Crippen LogP contribution in [0.1, 0.15) is 32.0 Å². The number of nitrogens with zero attached hydrogens (tertiary/aromatic N) is 4. The second kappa shape index (κ2) is 5.71. The van der Waals surface area contributed by atoms with E-state index in [-0.39, 0.29) is 0 Å². The lowest BCUT2D eigenvalue weighted by Gasteiger charge is -2.14. The van der Waals surface area contributed by atoms with Crippen molar-refractivity contribution in [2.75, 3.05) is 13.1 Å². The summed E-state index contributed by atoms with van der Waals surface area (Å²) < 4.78 is 2.01. The molecule has 1 atom stereocenters. The lowest BCUT2D eigenvalue weighted by Crippen LogP contribution is -2.13. The summed E-state index contributed by atoms with van der Waals surface area (Å²) in [6.07, 6.45) is 7.60. The van der Waals surface area contributed by atoms with Gasteiger partial charge in [-0.3, -0.25) is 14.6 Å². The summed E-state index contributed by atoms with van der Waals surface area (Å²) in [4.78, 5) is 9.13. The van der Waals surface area contributed by atoms with E-state index in [2.05, 4.69) is 34.2 Å². The summed E-state index contributed by atoms with van der Waals surface area (Å²) in [5.74, 6) is 0.667. The van der Waals surface area contributed by atoms with Crippen molar-refractivity contribution < 1.29 is 0 Å². The van der Waals surface area contributed by atoms with Crippen molar-refractivity contribution in [2.24, 2.45) is 5.92 Å². The van der Waals surface area contributed by atoms with Crippen LogP contribution < -0.4 is 5.32 Å². The van der Waals surface area contributed by atoms with Crippen molar-refractivity contribution in [1.82, 2.24) is 25.1 Å². The van der Waals surface area contributed by atoms with Gasteiger partial charge in [0.15, 0.2) is 0 Å². The Morgan fingerprint density at radius 2 is 2.15 bits per heavy atom. The van der Waals surface area contributed by atoms with E-state index >= 15 is 0 Å². The maximum Gasteiger partial charge on any atom is 0.110 e. The average molecular weight is 271 g/mol. The Hall–Kier alpha value is -1.75. The third kappa shape index (κ3) is 2.58. The molecule has 106 valence electrons. The molecule has 1 saturated heterocycles. The number of hydrogen-bond acceptors (Lipinski definition) is 4. The predicted octanol–water partition coefficient (Wildman–Crippen LogP) is 2.07. The molecule has 2 aromatic heterocycles. The van der Waals surface area contributed by atoms with Crippen molar-refractivity contribution in [2.45, 2.75) is 32.7 Å². The van der Waals surface area contributed by atoms with Crippen LogP contribution in [0.3, 0.4) is 0 Å².